The molecule has 1 aromatic heterocycles. The van der Waals surface area contributed by atoms with Crippen molar-refractivity contribution in [2.75, 3.05) is 0 Å². The van der Waals surface area contributed by atoms with Crippen LogP contribution in [0.25, 0.3) is 10.9 Å². The summed E-state index contributed by atoms with van der Waals surface area (Å²) in [5, 5.41) is 3.62. The van der Waals surface area contributed by atoms with Crippen LogP contribution in [-0.4, -0.2) is 20.7 Å². The molecule has 1 fully saturated rings. The zero-order valence-corrected chi connectivity index (χ0v) is 16.2. The molecule has 1 unspecified atom stereocenters. The largest absolute Gasteiger partial charge is 0.351 e. The molecule has 28 heavy (non-hydrogen) atoms. The van der Waals surface area contributed by atoms with E-state index in [1.54, 1.807) is 29.7 Å². The third kappa shape index (κ3) is 3.94. The van der Waals surface area contributed by atoms with Crippen LogP contribution in [0.5, 0.6) is 0 Å². The summed E-state index contributed by atoms with van der Waals surface area (Å²) in [5.41, 5.74) is 1.42. The molecule has 0 bridgehead atoms. The topological polar surface area (TPSA) is 64.0 Å². The molecule has 2 aromatic carbocycles. The van der Waals surface area contributed by atoms with Crippen LogP contribution in [-0.2, 0) is 11.3 Å². The number of fused-ring (bicyclic) bond motifs is 1. The van der Waals surface area contributed by atoms with Crippen molar-refractivity contribution in [1.82, 2.24) is 14.9 Å². The number of benzene rings is 2. The zero-order chi connectivity index (χ0) is 19.7. The van der Waals surface area contributed by atoms with Crippen molar-refractivity contribution in [3.63, 3.8) is 0 Å². The van der Waals surface area contributed by atoms with E-state index < -0.39 is 5.25 Å². The van der Waals surface area contributed by atoms with Crippen LogP contribution in [0.15, 0.2) is 58.5 Å². The van der Waals surface area contributed by atoms with Crippen LogP contribution >= 0.6 is 11.8 Å². The molecular formula is C21H20FN3O2S. The van der Waals surface area contributed by atoms with Gasteiger partial charge in [0.25, 0.3) is 5.56 Å². The molecule has 7 heteroatoms. The highest BCUT2D eigenvalue weighted by molar-refractivity contribution is 8.00. The molecule has 5 nitrogen and oxygen atoms in total. The van der Waals surface area contributed by atoms with E-state index in [9.17, 15) is 14.0 Å². The van der Waals surface area contributed by atoms with Crippen LogP contribution in [0.2, 0.25) is 0 Å². The number of nitrogens with one attached hydrogen (secondary N) is 1. The number of hydrogen-bond acceptors (Lipinski definition) is 4. The number of nitrogens with zero attached hydrogens (tertiary/aromatic N) is 2. The molecule has 1 atom stereocenters. The minimum atomic E-state index is -0.418. The van der Waals surface area contributed by atoms with E-state index in [4.69, 9.17) is 0 Å². The first-order valence-electron chi connectivity index (χ1n) is 9.23. The summed E-state index contributed by atoms with van der Waals surface area (Å²) in [4.78, 5) is 30.1. The first-order valence-corrected chi connectivity index (χ1v) is 10.1. The molecule has 0 aliphatic heterocycles. The van der Waals surface area contributed by atoms with E-state index in [1.165, 1.54) is 23.9 Å². The third-order valence-electron chi connectivity index (χ3n) is 4.72. The molecule has 144 valence electrons. The SMILES string of the molecule is CC(Sc1nc2ccccc2c(=O)n1C1CC1)C(=O)NCc1ccc(F)cc1. The Morgan fingerprint density at radius 3 is 2.68 bits per heavy atom. The van der Waals surface area contributed by atoms with E-state index in [2.05, 4.69) is 10.3 Å². The highest BCUT2D eigenvalue weighted by Gasteiger charge is 2.30. The van der Waals surface area contributed by atoms with Gasteiger partial charge in [-0.25, -0.2) is 9.37 Å². The molecule has 4 rings (SSSR count). The van der Waals surface area contributed by atoms with Crippen molar-refractivity contribution in [3.05, 3.63) is 70.3 Å². The monoisotopic (exact) mass is 397 g/mol. The van der Waals surface area contributed by atoms with Gasteiger partial charge < -0.3 is 5.32 Å². The maximum Gasteiger partial charge on any atom is 0.262 e. The van der Waals surface area contributed by atoms with Gasteiger partial charge >= 0.3 is 0 Å². The van der Waals surface area contributed by atoms with Gasteiger partial charge in [-0.1, -0.05) is 36.0 Å². The second-order valence-corrected chi connectivity index (χ2v) is 8.23. The van der Waals surface area contributed by atoms with Gasteiger partial charge in [-0.2, -0.15) is 0 Å². The number of para-hydroxylation sites is 1. The van der Waals surface area contributed by atoms with Crippen LogP contribution < -0.4 is 10.9 Å². The number of halogens is 1. The Balaban J connectivity index is 1.52. The van der Waals surface area contributed by atoms with Crippen LogP contribution in [0, 0.1) is 5.82 Å². The molecule has 0 saturated heterocycles. The average molecular weight is 397 g/mol. The van der Waals surface area contributed by atoms with Crippen molar-refractivity contribution in [2.24, 2.45) is 0 Å². The fourth-order valence-corrected chi connectivity index (χ4v) is 4.01. The summed E-state index contributed by atoms with van der Waals surface area (Å²) in [6, 6.07) is 13.5. The van der Waals surface area contributed by atoms with Crippen LogP contribution in [0.3, 0.4) is 0 Å². The summed E-state index contributed by atoms with van der Waals surface area (Å²) in [6.07, 6.45) is 1.91. The van der Waals surface area contributed by atoms with E-state index in [0.29, 0.717) is 22.6 Å². The van der Waals surface area contributed by atoms with Crippen molar-refractivity contribution < 1.29 is 9.18 Å². The van der Waals surface area contributed by atoms with E-state index in [0.717, 1.165) is 18.4 Å². The Bertz CT molecular complexity index is 1080. The third-order valence-corrected chi connectivity index (χ3v) is 5.79. The quantitative estimate of drug-likeness (QED) is 0.509. The summed E-state index contributed by atoms with van der Waals surface area (Å²) < 4.78 is 14.7. The lowest BCUT2D eigenvalue weighted by Crippen LogP contribution is -2.31. The summed E-state index contributed by atoms with van der Waals surface area (Å²) in [5.74, 6) is -0.460. The second kappa shape index (κ2) is 7.75. The number of carbonyl (C=O) groups is 1. The van der Waals surface area contributed by atoms with Gasteiger partial charge in [0.1, 0.15) is 5.82 Å². The van der Waals surface area contributed by atoms with Crippen molar-refractivity contribution >= 4 is 28.6 Å². The molecule has 1 heterocycles. The maximum absolute atomic E-state index is 13.0. The highest BCUT2D eigenvalue weighted by Crippen LogP contribution is 2.37. The normalized spacial score (nSPS) is 14.8. The first-order chi connectivity index (χ1) is 13.5. The maximum atomic E-state index is 13.0. The lowest BCUT2D eigenvalue weighted by Gasteiger charge is -2.16. The first kappa shape index (κ1) is 18.7. The van der Waals surface area contributed by atoms with Gasteiger partial charge in [0.05, 0.1) is 16.2 Å². The van der Waals surface area contributed by atoms with Gasteiger partial charge in [0, 0.05) is 12.6 Å². The summed E-state index contributed by atoms with van der Waals surface area (Å²) >= 11 is 1.29. The van der Waals surface area contributed by atoms with Gasteiger partial charge in [-0.05, 0) is 49.6 Å². The Kier molecular flexibility index (Phi) is 5.17. The Labute approximate surface area is 166 Å². The fraction of sp³-hybridized carbons (Fsp3) is 0.286. The van der Waals surface area contributed by atoms with Gasteiger partial charge in [0.15, 0.2) is 5.16 Å². The Morgan fingerprint density at radius 1 is 1.25 bits per heavy atom. The fourth-order valence-electron chi connectivity index (χ4n) is 3.01. The Hall–Kier alpha value is -2.67. The highest BCUT2D eigenvalue weighted by atomic mass is 32.2. The van der Waals surface area contributed by atoms with Crippen molar-refractivity contribution in [1.29, 1.82) is 0 Å². The number of rotatable bonds is 6. The molecular weight excluding hydrogens is 377 g/mol. The molecule has 1 amide bonds. The average Bonchev–Trinajstić information content (AvgIpc) is 3.52. The smallest absolute Gasteiger partial charge is 0.262 e. The minimum absolute atomic E-state index is 0.0467. The molecule has 1 aliphatic carbocycles. The number of thioether (sulfide) groups is 1. The van der Waals surface area contributed by atoms with E-state index in [1.807, 2.05) is 18.2 Å². The van der Waals surface area contributed by atoms with E-state index >= 15 is 0 Å². The lowest BCUT2D eigenvalue weighted by molar-refractivity contribution is -0.120. The van der Waals surface area contributed by atoms with Crippen LogP contribution in [0.4, 0.5) is 4.39 Å². The standard InChI is InChI=1S/C21H20FN3O2S/c1-13(19(26)23-12-14-6-8-15(22)9-7-14)28-21-24-18-5-3-2-4-17(18)20(27)25(21)16-10-11-16/h2-9,13,16H,10-12H2,1H3,(H,23,26). The molecule has 3 aromatic rings. The predicted molar refractivity (Wildman–Crippen MR) is 108 cm³/mol. The molecule has 0 spiro atoms. The number of amides is 1. The van der Waals surface area contributed by atoms with Gasteiger partial charge in [-0.15, -0.1) is 0 Å². The van der Waals surface area contributed by atoms with Gasteiger partial charge in [-0.3, -0.25) is 14.2 Å². The summed E-state index contributed by atoms with van der Waals surface area (Å²) in [6.45, 7) is 2.12. The predicted octanol–water partition coefficient (Wildman–Crippen LogP) is 3.67. The number of aromatic nitrogens is 2. The second-order valence-electron chi connectivity index (χ2n) is 6.92. The van der Waals surface area contributed by atoms with Crippen LogP contribution in [0.1, 0.15) is 31.4 Å². The molecule has 1 N–H and O–H groups in total. The van der Waals surface area contributed by atoms with Crippen molar-refractivity contribution in [3.8, 4) is 0 Å². The van der Waals surface area contributed by atoms with Crippen molar-refractivity contribution in [2.45, 2.75) is 42.8 Å². The van der Waals surface area contributed by atoms with E-state index in [-0.39, 0.29) is 23.3 Å². The van der Waals surface area contributed by atoms with Gasteiger partial charge in [0.2, 0.25) is 5.91 Å². The molecule has 1 saturated carbocycles. The number of hydrogen-bond donors (Lipinski definition) is 1. The lowest BCUT2D eigenvalue weighted by atomic mass is 10.2. The Morgan fingerprint density at radius 2 is 1.96 bits per heavy atom. The molecule has 1 aliphatic rings. The summed E-state index contributed by atoms with van der Waals surface area (Å²) in [7, 11) is 0. The minimum Gasteiger partial charge on any atom is -0.351 e. The molecule has 0 radical (unpaired) electrons. The zero-order valence-electron chi connectivity index (χ0n) is 15.4. The number of carbonyl (C=O) groups excluding carboxylic acids is 1.